The summed E-state index contributed by atoms with van der Waals surface area (Å²) in [5.41, 5.74) is 0.242. The molecule has 1 N–H and O–H groups in total. The number of carboxylic acid groups (broad SMARTS) is 1. The molecule has 0 bridgehead atoms. The molecule has 0 aromatic rings. The summed E-state index contributed by atoms with van der Waals surface area (Å²) in [6.07, 6.45) is 3.40. The Morgan fingerprint density at radius 1 is 1.32 bits per heavy atom. The van der Waals surface area contributed by atoms with Crippen molar-refractivity contribution in [2.45, 2.75) is 33.1 Å². The Morgan fingerprint density at radius 3 is 2.26 bits per heavy atom. The molecule has 19 heavy (non-hydrogen) atoms. The van der Waals surface area contributed by atoms with Crippen molar-refractivity contribution in [2.24, 2.45) is 17.8 Å². The standard InChI is InChI=1S/C14H19NO4/c1-3-9(14(18)19)4-5-15-12(16)10-6-8(2)7-11(10)13(15)17/h4,8,10-11H,3,5-7H2,1-2H3,(H,18,19). The molecule has 1 saturated heterocycles. The third-order valence-corrected chi connectivity index (χ3v) is 4.14. The van der Waals surface area contributed by atoms with E-state index < -0.39 is 5.97 Å². The Morgan fingerprint density at radius 2 is 1.84 bits per heavy atom. The number of amides is 2. The molecule has 1 aliphatic heterocycles. The summed E-state index contributed by atoms with van der Waals surface area (Å²) in [6, 6.07) is 0. The van der Waals surface area contributed by atoms with Crippen LogP contribution in [0.4, 0.5) is 0 Å². The smallest absolute Gasteiger partial charge is 0.331 e. The van der Waals surface area contributed by atoms with E-state index in [4.69, 9.17) is 5.11 Å². The number of fused-ring (bicyclic) bond motifs is 1. The predicted molar refractivity (Wildman–Crippen MR) is 68.1 cm³/mol. The van der Waals surface area contributed by atoms with Gasteiger partial charge in [0.25, 0.3) is 0 Å². The highest BCUT2D eigenvalue weighted by Gasteiger charge is 2.51. The van der Waals surface area contributed by atoms with Crippen LogP contribution in [0.3, 0.4) is 0 Å². The van der Waals surface area contributed by atoms with Crippen LogP contribution in [-0.4, -0.2) is 34.3 Å². The molecule has 0 radical (unpaired) electrons. The number of aliphatic carboxylic acids is 1. The molecule has 2 aliphatic rings. The monoisotopic (exact) mass is 265 g/mol. The van der Waals surface area contributed by atoms with E-state index >= 15 is 0 Å². The largest absolute Gasteiger partial charge is 0.478 e. The first-order valence-corrected chi connectivity index (χ1v) is 6.73. The fourth-order valence-corrected chi connectivity index (χ4v) is 3.11. The quantitative estimate of drug-likeness (QED) is 0.616. The van der Waals surface area contributed by atoms with Crippen LogP contribution in [0.2, 0.25) is 0 Å². The van der Waals surface area contributed by atoms with Gasteiger partial charge < -0.3 is 5.11 Å². The van der Waals surface area contributed by atoms with Crippen molar-refractivity contribution >= 4 is 17.8 Å². The molecule has 2 rings (SSSR count). The molecule has 2 fully saturated rings. The van der Waals surface area contributed by atoms with Gasteiger partial charge in [-0.15, -0.1) is 0 Å². The molecule has 0 spiro atoms. The normalized spacial score (nSPS) is 30.9. The van der Waals surface area contributed by atoms with Gasteiger partial charge in [0.2, 0.25) is 11.8 Å². The first-order valence-electron chi connectivity index (χ1n) is 6.73. The zero-order valence-corrected chi connectivity index (χ0v) is 11.3. The van der Waals surface area contributed by atoms with E-state index in [1.807, 2.05) is 0 Å². The van der Waals surface area contributed by atoms with Crippen molar-refractivity contribution in [1.82, 2.24) is 4.90 Å². The van der Waals surface area contributed by atoms with Crippen molar-refractivity contribution in [1.29, 1.82) is 0 Å². The number of nitrogens with zero attached hydrogens (tertiary/aromatic N) is 1. The number of rotatable bonds is 4. The summed E-state index contributed by atoms with van der Waals surface area (Å²) in [5, 5.41) is 8.92. The Labute approximate surface area is 112 Å². The third-order valence-electron chi connectivity index (χ3n) is 4.14. The van der Waals surface area contributed by atoms with Crippen molar-refractivity contribution in [3.63, 3.8) is 0 Å². The Bertz CT molecular complexity index is 430. The van der Waals surface area contributed by atoms with Gasteiger partial charge in [0, 0.05) is 12.1 Å². The van der Waals surface area contributed by atoms with Crippen LogP contribution >= 0.6 is 0 Å². The van der Waals surface area contributed by atoms with Crippen LogP contribution in [0, 0.1) is 17.8 Å². The number of carboxylic acids is 1. The zero-order valence-electron chi connectivity index (χ0n) is 11.3. The van der Waals surface area contributed by atoms with Crippen LogP contribution in [-0.2, 0) is 14.4 Å². The minimum absolute atomic E-state index is 0.0918. The molecule has 1 aliphatic carbocycles. The molecule has 5 nitrogen and oxygen atoms in total. The lowest BCUT2D eigenvalue weighted by Gasteiger charge is -2.15. The summed E-state index contributed by atoms with van der Waals surface area (Å²) in [4.78, 5) is 36.4. The van der Waals surface area contributed by atoms with E-state index in [1.165, 1.54) is 11.0 Å². The van der Waals surface area contributed by atoms with E-state index in [0.29, 0.717) is 12.3 Å². The van der Waals surface area contributed by atoms with Gasteiger partial charge >= 0.3 is 5.97 Å². The minimum Gasteiger partial charge on any atom is -0.478 e. The lowest BCUT2D eigenvalue weighted by Crippen LogP contribution is -2.32. The Kier molecular flexibility index (Phi) is 3.73. The third kappa shape index (κ3) is 2.41. The molecule has 0 aromatic heterocycles. The molecular weight excluding hydrogens is 246 g/mol. The van der Waals surface area contributed by atoms with Crippen LogP contribution in [0.25, 0.3) is 0 Å². The van der Waals surface area contributed by atoms with Crippen LogP contribution in [0.5, 0.6) is 0 Å². The first kappa shape index (κ1) is 13.8. The van der Waals surface area contributed by atoms with Crippen molar-refractivity contribution < 1.29 is 19.5 Å². The van der Waals surface area contributed by atoms with Gasteiger partial charge in [-0.05, 0) is 25.2 Å². The lowest BCUT2D eigenvalue weighted by atomic mass is 10.00. The Hall–Kier alpha value is -1.65. The second-order valence-corrected chi connectivity index (χ2v) is 5.46. The highest BCUT2D eigenvalue weighted by Crippen LogP contribution is 2.42. The number of likely N-dealkylation sites (tertiary alicyclic amines) is 1. The van der Waals surface area contributed by atoms with Crippen LogP contribution in [0.15, 0.2) is 11.6 Å². The minimum atomic E-state index is -0.990. The maximum absolute atomic E-state index is 12.1. The molecule has 104 valence electrons. The molecule has 2 atom stereocenters. The molecular formula is C14H19NO4. The number of carbonyl (C=O) groups excluding carboxylic acids is 2. The van der Waals surface area contributed by atoms with Crippen LogP contribution < -0.4 is 0 Å². The number of carbonyl (C=O) groups is 3. The fraction of sp³-hybridized carbons (Fsp3) is 0.643. The zero-order chi connectivity index (χ0) is 14.2. The van der Waals surface area contributed by atoms with E-state index in [1.54, 1.807) is 6.92 Å². The summed E-state index contributed by atoms with van der Waals surface area (Å²) in [7, 11) is 0. The summed E-state index contributed by atoms with van der Waals surface area (Å²) in [5.74, 6) is -1.18. The van der Waals surface area contributed by atoms with E-state index in [2.05, 4.69) is 6.92 Å². The molecule has 2 unspecified atom stereocenters. The summed E-state index contributed by atoms with van der Waals surface area (Å²) >= 11 is 0. The van der Waals surface area contributed by atoms with Gasteiger partial charge in [-0.1, -0.05) is 19.9 Å². The van der Waals surface area contributed by atoms with Gasteiger partial charge in [0.05, 0.1) is 11.8 Å². The number of hydrogen-bond donors (Lipinski definition) is 1. The van der Waals surface area contributed by atoms with Crippen molar-refractivity contribution in [3.05, 3.63) is 11.6 Å². The van der Waals surface area contributed by atoms with Crippen molar-refractivity contribution in [2.75, 3.05) is 6.54 Å². The molecule has 0 aromatic carbocycles. The Balaban J connectivity index is 2.09. The van der Waals surface area contributed by atoms with Crippen molar-refractivity contribution in [3.8, 4) is 0 Å². The summed E-state index contributed by atoms with van der Waals surface area (Å²) in [6.45, 7) is 3.89. The highest BCUT2D eigenvalue weighted by atomic mass is 16.4. The maximum atomic E-state index is 12.1. The lowest BCUT2D eigenvalue weighted by molar-refractivity contribution is -0.140. The van der Waals surface area contributed by atoms with Crippen LogP contribution in [0.1, 0.15) is 33.1 Å². The molecule has 1 saturated carbocycles. The fourth-order valence-electron chi connectivity index (χ4n) is 3.11. The SMILES string of the molecule is CCC(=CCN1C(=O)C2CC(C)CC2C1=O)C(=O)O. The topological polar surface area (TPSA) is 74.7 Å². The van der Waals surface area contributed by atoms with E-state index in [-0.39, 0.29) is 35.8 Å². The van der Waals surface area contributed by atoms with Gasteiger partial charge in [-0.3, -0.25) is 14.5 Å². The van der Waals surface area contributed by atoms with Gasteiger partial charge in [-0.2, -0.15) is 0 Å². The molecule has 5 heteroatoms. The van der Waals surface area contributed by atoms with Gasteiger partial charge in [-0.25, -0.2) is 4.79 Å². The number of imide groups is 1. The summed E-state index contributed by atoms with van der Waals surface area (Å²) < 4.78 is 0. The van der Waals surface area contributed by atoms with E-state index in [9.17, 15) is 14.4 Å². The first-order chi connectivity index (χ1) is 8.95. The van der Waals surface area contributed by atoms with Gasteiger partial charge in [0.15, 0.2) is 0 Å². The predicted octanol–water partition coefficient (Wildman–Crippen LogP) is 1.44. The second kappa shape index (κ2) is 5.15. The number of hydrogen-bond acceptors (Lipinski definition) is 3. The second-order valence-electron chi connectivity index (χ2n) is 5.46. The van der Waals surface area contributed by atoms with Gasteiger partial charge in [0.1, 0.15) is 0 Å². The van der Waals surface area contributed by atoms with E-state index in [0.717, 1.165) is 12.8 Å². The molecule has 1 heterocycles. The average molecular weight is 265 g/mol. The molecule has 2 amide bonds. The average Bonchev–Trinajstić information content (AvgIpc) is 2.82. The maximum Gasteiger partial charge on any atom is 0.331 e. The highest BCUT2D eigenvalue weighted by molar-refractivity contribution is 6.05.